The molecule has 0 spiro atoms. The molecule has 1 aliphatic carbocycles. The fourth-order valence-corrected chi connectivity index (χ4v) is 4.43. The predicted molar refractivity (Wildman–Crippen MR) is 140 cm³/mol. The minimum absolute atomic E-state index is 0.101. The number of aromatic nitrogens is 3. The van der Waals surface area contributed by atoms with E-state index in [0.717, 1.165) is 36.8 Å². The smallest absolute Gasteiger partial charge is 0.407 e. The van der Waals surface area contributed by atoms with Gasteiger partial charge in [-0.25, -0.2) is 24.1 Å². The van der Waals surface area contributed by atoms with Gasteiger partial charge in [0, 0.05) is 17.6 Å². The largest absolute Gasteiger partial charge is 0.444 e. The molecule has 4 N–H and O–H groups in total. The number of nitrogens with one attached hydrogen (secondary N) is 2. The Kier molecular flexibility index (Phi) is 7.28. The number of halogens is 1. The molecule has 192 valence electrons. The Morgan fingerprint density at radius 2 is 1.81 bits per heavy atom. The van der Waals surface area contributed by atoms with Crippen molar-refractivity contribution in [1.29, 1.82) is 0 Å². The molecule has 0 unspecified atom stereocenters. The molecule has 2 aromatic heterocycles. The van der Waals surface area contributed by atoms with Gasteiger partial charge in [-0.05, 0) is 76.1 Å². The minimum Gasteiger partial charge on any atom is -0.444 e. The van der Waals surface area contributed by atoms with Crippen molar-refractivity contribution >= 4 is 28.8 Å². The predicted octanol–water partition coefficient (Wildman–Crippen LogP) is 5.78. The van der Waals surface area contributed by atoms with E-state index in [1.54, 1.807) is 18.3 Å². The summed E-state index contributed by atoms with van der Waals surface area (Å²) in [7, 11) is 0. The Labute approximate surface area is 211 Å². The second-order valence-corrected chi connectivity index (χ2v) is 10.8. The molecule has 0 atom stereocenters. The van der Waals surface area contributed by atoms with Crippen LogP contribution >= 0.6 is 0 Å². The topological polar surface area (TPSA) is 115 Å². The lowest BCUT2D eigenvalue weighted by molar-refractivity contribution is 0.0492. The first-order valence-corrected chi connectivity index (χ1v) is 12.5. The summed E-state index contributed by atoms with van der Waals surface area (Å²) in [5, 5.41) is 6.42. The molecule has 8 nitrogen and oxygen atoms in total. The van der Waals surface area contributed by atoms with Crippen LogP contribution in [-0.4, -0.2) is 38.7 Å². The molecule has 1 fully saturated rings. The van der Waals surface area contributed by atoms with Crippen molar-refractivity contribution < 1.29 is 13.9 Å². The van der Waals surface area contributed by atoms with E-state index in [-0.39, 0.29) is 29.8 Å². The van der Waals surface area contributed by atoms with Crippen LogP contribution in [0.15, 0.2) is 30.5 Å². The summed E-state index contributed by atoms with van der Waals surface area (Å²) in [4.78, 5) is 26.1. The highest BCUT2D eigenvalue weighted by Gasteiger charge is 2.25. The molecule has 1 saturated carbocycles. The number of rotatable bonds is 5. The van der Waals surface area contributed by atoms with E-state index in [2.05, 4.69) is 29.5 Å². The Bertz CT molecular complexity index is 1250. The van der Waals surface area contributed by atoms with Crippen LogP contribution in [0.4, 0.5) is 20.8 Å². The summed E-state index contributed by atoms with van der Waals surface area (Å²) in [6.45, 7) is 9.76. The third kappa shape index (κ3) is 6.19. The third-order valence-electron chi connectivity index (χ3n) is 6.28. The fraction of sp³-hybridized carbons (Fsp3) is 0.481. The van der Waals surface area contributed by atoms with Crippen molar-refractivity contribution in [2.24, 2.45) is 0 Å². The van der Waals surface area contributed by atoms with Crippen LogP contribution in [0.2, 0.25) is 0 Å². The molecule has 3 aromatic rings. The lowest BCUT2D eigenvalue weighted by atomic mass is 9.91. The highest BCUT2D eigenvalue weighted by atomic mass is 19.1. The van der Waals surface area contributed by atoms with E-state index in [0.29, 0.717) is 22.7 Å². The molecule has 0 bridgehead atoms. The molecule has 9 heteroatoms. The number of nitrogens with zero attached hydrogens (tertiary/aromatic N) is 3. The summed E-state index contributed by atoms with van der Waals surface area (Å²) >= 11 is 0. The fourth-order valence-electron chi connectivity index (χ4n) is 4.43. The maximum absolute atomic E-state index is 14.1. The molecule has 1 aliphatic rings. The lowest BCUT2D eigenvalue weighted by Crippen LogP contribution is -2.42. The van der Waals surface area contributed by atoms with E-state index in [1.807, 2.05) is 26.8 Å². The van der Waals surface area contributed by atoms with Gasteiger partial charge in [0.05, 0.1) is 23.1 Å². The normalized spacial score (nSPS) is 18.3. The van der Waals surface area contributed by atoms with Gasteiger partial charge in [-0.2, -0.15) is 0 Å². The van der Waals surface area contributed by atoms with Gasteiger partial charge in [0.25, 0.3) is 0 Å². The van der Waals surface area contributed by atoms with Crippen molar-refractivity contribution in [3.63, 3.8) is 0 Å². The number of alkyl carbamates (subject to hydrolysis) is 1. The number of benzene rings is 1. The number of ether oxygens (including phenoxy) is 1. The first-order valence-electron chi connectivity index (χ1n) is 12.5. The molecular weight excluding hydrogens is 459 g/mol. The van der Waals surface area contributed by atoms with Crippen molar-refractivity contribution in [2.75, 3.05) is 11.1 Å². The number of nitrogen functional groups attached to an aromatic ring is 1. The van der Waals surface area contributed by atoms with Crippen molar-refractivity contribution in [2.45, 2.75) is 83.9 Å². The molecule has 1 amide bonds. The summed E-state index contributed by atoms with van der Waals surface area (Å²) in [5.41, 5.74) is 9.00. The second-order valence-electron chi connectivity index (χ2n) is 10.8. The highest BCUT2D eigenvalue weighted by Crippen LogP contribution is 2.30. The number of hydrogen-bond acceptors (Lipinski definition) is 7. The van der Waals surface area contributed by atoms with Gasteiger partial charge in [-0.1, -0.05) is 19.9 Å². The lowest BCUT2D eigenvalue weighted by Gasteiger charge is -2.30. The van der Waals surface area contributed by atoms with E-state index in [1.165, 1.54) is 6.07 Å². The van der Waals surface area contributed by atoms with Crippen LogP contribution in [0.25, 0.3) is 22.3 Å². The van der Waals surface area contributed by atoms with Crippen LogP contribution in [0.3, 0.4) is 0 Å². The average molecular weight is 495 g/mol. The van der Waals surface area contributed by atoms with Gasteiger partial charge in [-0.3, -0.25) is 0 Å². The maximum Gasteiger partial charge on any atom is 0.407 e. The van der Waals surface area contributed by atoms with E-state index < -0.39 is 11.4 Å². The zero-order chi connectivity index (χ0) is 26.0. The van der Waals surface area contributed by atoms with Crippen LogP contribution < -0.4 is 16.4 Å². The van der Waals surface area contributed by atoms with Gasteiger partial charge in [-0.15, -0.1) is 0 Å². The monoisotopic (exact) mass is 494 g/mol. The number of anilines is 2. The molecule has 2 heterocycles. The number of fused-ring (bicyclic) bond motifs is 1. The summed E-state index contributed by atoms with van der Waals surface area (Å²) in [6.07, 6.45) is 4.82. The Balaban J connectivity index is 1.47. The Morgan fingerprint density at radius 1 is 1.11 bits per heavy atom. The van der Waals surface area contributed by atoms with E-state index in [9.17, 15) is 9.18 Å². The molecule has 0 radical (unpaired) electrons. The van der Waals surface area contributed by atoms with Crippen molar-refractivity contribution in [1.82, 2.24) is 20.3 Å². The molecule has 1 aromatic carbocycles. The summed E-state index contributed by atoms with van der Waals surface area (Å²) in [6, 6.07) is 6.99. The van der Waals surface area contributed by atoms with Gasteiger partial charge in [0.2, 0.25) is 5.95 Å². The van der Waals surface area contributed by atoms with Gasteiger partial charge in [0.15, 0.2) is 0 Å². The summed E-state index contributed by atoms with van der Waals surface area (Å²) < 4.78 is 19.4. The van der Waals surface area contributed by atoms with Crippen LogP contribution in [0.1, 0.15) is 71.8 Å². The highest BCUT2D eigenvalue weighted by molar-refractivity contribution is 5.82. The number of pyridine rings is 1. The van der Waals surface area contributed by atoms with Crippen molar-refractivity contribution in [3.8, 4) is 11.3 Å². The zero-order valence-corrected chi connectivity index (χ0v) is 21.6. The molecular formula is C27H35FN6O2. The van der Waals surface area contributed by atoms with Crippen LogP contribution in [0, 0.1) is 5.82 Å². The first-order chi connectivity index (χ1) is 17.0. The minimum atomic E-state index is -0.508. The first kappa shape index (κ1) is 25.6. The van der Waals surface area contributed by atoms with Gasteiger partial charge >= 0.3 is 6.09 Å². The van der Waals surface area contributed by atoms with Crippen molar-refractivity contribution in [3.05, 3.63) is 41.8 Å². The summed E-state index contributed by atoms with van der Waals surface area (Å²) in [5.74, 6) is 0.276. The van der Waals surface area contributed by atoms with Crippen LogP contribution in [0.5, 0.6) is 0 Å². The Morgan fingerprint density at radius 3 is 2.44 bits per heavy atom. The number of carbonyl (C=O) groups excluding carboxylic acids is 1. The molecule has 0 saturated heterocycles. The van der Waals surface area contributed by atoms with E-state index >= 15 is 0 Å². The number of amides is 1. The SMILES string of the molecule is CC(C)c1cc(-c2ccc(N)c(F)c2)nc2cnc(NC3CCC(NC(=O)OC(C)(C)C)CC3)nc12. The number of hydrogen-bond donors (Lipinski definition) is 3. The zero-order valence-electron chi connectivity index (χ0n) is 21.6. The standard InChI is InChI=1S/C27H35FN6O2/c1-15(2)19-13-22(16-6-11-21(29)20(28)12-16)33-23-14-30-25(34-24(19)23)31-17-7-9-18(10-8-17)32-26(35)36-27(3,4)5/h6,11-15,17-18H,7-10,29H2,1-5H3,(H,32,35)(H,30,31,34). The van der Waals surface area contributed by atoms with Gasteiger partial charge < -0.3 is 21.1 Å². The third-order valence-corrected chi connectivity index (χ3v) is 6.28. The molecule has 0 aliphatic heterocycles. The average Bonchev–Trinajstić information content (AvgIpc) is 2.80. The number of nitrogens with two attached hydrogens (primary N) is 1. The number of carbonyl (C=O) groups is 1. The Hall–Kier alpha value is -3.49. The second kappa shape index (κ2) is 10.2. The molecule has 36 heavy (non-hydrogen) atoms. The van der Waals surface area contributed by atoms with E-state index in [4.69, 9.17) is 20.4 Å². The molecule has 4 rings (SSSR count). The van der Waals surface area contributed by atoms with Crippen LogP contribution in [-0.2, 0) is 4.74 Å². The maximum atomic E-state index is 14.1. The van der Waals surface area contributed by atoms with Gasteiger partial charge in [0.1, 0.15) is 16.9 Å². The quantitative estimate of drug-likeness (QED) is 0.385.